The third-order valence-corrected chi connectivity index (χ3v) is 3.99. The van der Waals surface area contributed by atoms with Crippen molar-refractivity contribution in [3.05, 3.63) is 59.7 Å². The van der Waals surface area contributed by atoms with Crippen LogP contribution in [0.3, 0.4) is 0 Å². The summed E-state index contributed by atoms with van der Waals surface area (Å²) in [6.45, 7) is 1.74. The number of esters is 1. The van der Waals surface area contributed by atoms with Crippen LogP contribution in [0.25, 0.3) is 22.1 Å². The number of ether oxygens (including phenoxy) is 2. The lowest BCUT2D eigenvalue weighted by molar-refractivity contribution is 0.0405. The van der Waals surface area contributed by atoms with Gasteiger partial charge in [0, 0.05) is 10.9 Å². The van der Waals surface area contributed by atoms with Crippen molar-refractivity contribution in [2.24, 2.45) is 0 Å². The van der Waals surface area contributed by atoms with E-state index in [1.807, 2.05) is 30.3 Å². The lowest BCUT2D eigenvalue weighted by Gasteiger charge is -2.00. The fraction of sp³-hybridized carbons (Fsp3) is 0.158. The molecule has 6 nitrogen and oxygen atoms in total. The number of para-hydroxylation sites is 2. The lowest BCUT2D eigenvalue weighted by atomic mass is 10.1. The summed E-state index contributed by atoms with van der Waals surface area (Å²) in [5, 5.41) is 0.813. The topological polar surface area (TPSA) is 74.7 Å². The average Bonchev–Trinajstić information content (AvgIpc) is 3.20. The number of carbonyl (C=O) groups excluding carboxylic acids is 1. The molecule has 0 bridgehead atoms. The Balaban J connectivity index is 1.56. The zero-order chi connectivity index (χ0) is 17.4. The van der Waals surface area contributed by atoms with Crippen LogP contribution in [0.2, 0.25) is 0 Å². The first kappa shape index (κ1) is 15.3. The summed E-state index contributed by atoms with van der Waals surface area (Å²) in [6, 6.07) is 12.7. The van der Waals surface area contributed by atoms with Gasteiger partial charge in [-0.1, -0.05) is 12.1 Å². The molecule has 0 saturated heterocycles. The molecule has 126 valence electrons. The fourth-order valence-electron chi connectivity index (χ4n) is 2.70. The highest BCUT2D eigenvalue weighted by molar-refractivity contribution is 5.96. The van der Waals surface area contributed by atoms with E-state index in [4.69, 9.17) is 18.3 Å². The molecule has 0 atom stereocenters. The SMILES string of the molecule is COc1ccc2oc(C(=O)OCc3nc4ccccc4o3)c(C)c2c1. The minimum absolute atomic E-state index is 0.0622. The number of aryl methyl sites for hydroxylation is 1. The summed E-state index contributed by atoms with van der Waals surface area (Å²) in [6.07, 6.45) is 0. The smallest absolute Gasteiger partial charge is 0.375 e. The number of nitrogens with zero attached hydrogens (tertiary/aromatic N) is 1. The molecule has 0 amide bonds. The second kappa shape index (κ2) is 5.98. The summed E-state index contributed by atoms with van der Waals surface area (Å²) < 4.78 is 21.7. The molecular formula is C19H15NO5. The Morgan fingerprint density at radius 3 is 2.76 bits per heavy atom. The highest BCUT2D eigenvalue weighted by Gasteiger charge is 2.20. The maximum absolute atomic E-state index is 12.4. The van der Waals surface area contributed by atoms with Crippen LogP contribution < -0.4 is 4.74 Å². The van der Waals surface area contributed by atoms with Gasteiger partial charge in [-0.3, -0.25) is 0 Å². The molecule has 2 aromatic heterocycles. The van der Waals surface area contributed by atoms with Crippen molar-refractivity contribution in [3.63, 3.8) is 0 Å². The summed E-state index contributed by atoms with van der Waals surface area (Å²) in [4.78, 5) is 16.6. The summed E-state index contributed by atoms with van der Waals surface area (Å²) in [5.74, 6) is 0.641. The van der Waals surface area contributed by atoms with Gasteiger partial charge in [-0.2, -0.15) is 0 Å². The molecule has 0 unspecified atom stereocenters. The van der Waals surface area contributed by atoms with Crippen LogP contribution in [0.1, 0.15) is 22.0 Å². The summed E-state index contributed by atoms with van der Waals surface area (Å²) in [7, 11) is 1.59. The number of methoxy groups -OCH3 is 1. The minimum Gasteiger partial charge on any atom is -0.497 e. The molecule has 0 aliphatic carbocycles. The first-order valence-corrected chi connectivity index (χ1v) is 7.74. The van der Waals surface area contributed by atoms with Gasteiger partial charge in [0.05, 0.1) is 7.11 Å². The van der Waals surface area contributed by atoms with Gasteiger partial charge in [-0.25, -0.2) is 9.78 Å². The number of furan rings is 1. The molecule has 4 aromatic rings. The van der Waals surface area contributed by atoms with E-state index in [-0.39, 0.29) is 12.4 Å². The van der Waals surface area contributed by atoms with Crippen LogP contribution in [-0.4, -0.2) is 18.1 Å². The predicted octanol–water partition coefficient (Wildman–Crippen LogP) is 4.25. The largest absolute Gasteiger partial charge is 0.497 e. The predicted molar refractivity (Wildman–Crippen MR) is 90.6 cm³/mol. The molecule has 0 fully saturated rings. The molecule has 0 N–H and O–H groups in total. The van der Waals surface area contributed by atoms with Gasteiger partial charge in [0.25, 0.3) is 0 Å². The zero-order valence-corrected chi connectivity index (χ0v) is 13.7. The Morgan fingerprint density at radius 2 is 1.96 bits per heavy atom. The number of oxazole rings is 1. The van der Waals surface area contributed by atoms with E-state index < -0.39 is 5.97 Å². The number of fused-ring (bicyclic) bond motifs is 2. The van der Waals surface area contributed by atoms with Crippen LogP contribution in [0, 0.1) is 6.92 Å². The van der Waals surface area contributed by atoms with E-state index in [1.54, 1.807) is 26.2 Å². The third kappa shape index (κ3) is 2.71. The molecule has 0 radical (unpaired) electrons. The second-order valence-corrected chi connectivity index (χ2v) is 5.57. The third-order valence-electron chi connectivity index (χ3n) is 3.99. The van der Waals surface area contributed by atoms with Gasteiger partial charge in [-0.05, 0) is 37.3 Å². The molecule has 4 rings (SSSR count). The fourth-order valence-corrected chi connectivity index (χ4v) is 2.70. The van der Waals surface area contributed by atoms with Gasteiger partial charge < -0.3 is 18.3 Å². The molecule has 0 aliphatic rings. The van der Waals surface area contributed by atoms with Crippen LogP contribution in [0.5, 0.6) is 5.75 Å². The van der Waals surface area contributed by atoms with Crippen molar-refractivity contribution in [2.75, 3.05) is 7.11 Å². The van der Waals surface area contributed by atoms with Crippen LogP contribution in [0.4, 0.5) is 0 Å². The standard InChI is InChI=1S/C19H15NO5/c1-11-13-9-12(22-2)7-8-15(13)25-18(11)19(21)23-10-17-20-14-5-3-4-6-16(14)24-17/h3-9H,10H2,1-2H3. The minimum atomic E-state index is -0.560. The number of hydrogen-bond acceptors (Lipinski definition) is 6. The average molecular weight is 337 g/mol. The molecule has 2 aromatic carbocycles. The van der Waals surface area contributed by atoms with Crippen molar-refractivity contribution in [2.45, 2.75) is 13.5 Å². The monoisotopic (exact) mass is 337 g/mol. The Morgan fingerprint density at radius 1 is 1.12 bits per heavy atom. The van der Waals surface area contributed by atoms with Gasteiger partial charge in [0.1, 0.15) is 16.8 Å². The molecule has 0 spiro atoms. The molecule has 25 heavy (non-hydrogen) atoms. The summed E-state index contributed by atoms with van der Waals surface area (Å²) >= 11 is 0. The first-order valence-electron chi connectivity index (χ1n) is 7.74. The zero-order valence-electron chi connectivity index (χ0n) is 13.7. The van der Waals surface area contributed by atoms with Crippen molar-refractivity contribution in [1.29, 1.82) is 0 Å². The van der Waals surface area contributed by atoms with Gasteiger partial charge in [0.15, 0.2) is 12.2 Å². The van der Waals surface area contributed by atoms with E-state index in [0.29, 0.717) is 28.4 Å². The Kier molecular flexibility index (Phi) is 3.65. The Hall–Kier alpha value is -3.28. The molecule has 0 aliphatic heterocycles. The Bertz CT molecular complexity index is 1040. The van der Waals surface area contributed by atoms with Crippen LogP contribution >= 0.6 is 0 Å². The molecular weight excluding hydrogens is 322 g/mol. The molecule has 0 saturated carbocycles. The van der Waals surface area contributed by atoms with Crippen molar-refractivity contribution in [1.82, 2.24) is 4.98 Å². The van der Waals surface area contributed by atoms with E-state index >= 15 is 0 Å². The van der Waals surface area contributed by atoms with Gasteiger partial charge in [0.2, 0.25) is 11.7 Å². The van der Waals surface area contributed by atoms with E-state index in [9.17, 15) is 4.79 Å². The quantitative estimate of drug-likeness (QED) is 0.518. The highest BCUT2D eigenvalue weighted by atomic mass is 16.6. The van der Waals surface area contributed by atoms with Crippen molar-refractivity contribution in [3.8, 4) is 5.75 Å². The van der Waals surface area contributed by atoms with Crippen LogP contribution in [0.15, 0.2) is 51.3 Å². The first-order chi connectivity index (χ1) is 12.2. The van der Waals surface area contributed by atoms with Gasteiger partial charge in [-0.15, -0.1) is 0 Å². The molecule has 6 heteroatoms. The number of rotatable bonds is 4. The summed E-state index contributed by atoms with van der Waals surface area (Å²) in [5.41, 5.74) is 2.68. The Labute approximate surface area is 143 Å². The van der Waals surface area contributed by atoms with E-state index in [1.165, 1.54) is 0 Å². The maximum atomic E-state index is 12.4. The van der Waals surface area contributed by atoms with Gasteiger partial charge >= 0.3 is 5.97 Å². The number of carbonyl (C=O) groups is 1. The second-order valence-electron chi connectivity index (χ2n) is 5.57. The number of benzene rings is 2. The van der Waals surface area contributed by atoms with E-state index in [0.717, 1.165) is 10.9 Å². The van der Waals surface area contributed by atoms with Crippen molar-refractivity contribution >= 4 is 28.0 Å². The highest BCUT2D eigenvalue weighted by Crippen LogP contribution is 2.29. The number of aromatic nitrogens is 1. The number of hydrogen-bond donors (Lipinski definition) is 0. The maximum Gasteiger partial charge on any atom is 0.375 e. The van der Waals surface area contributed by atoms with E-state index in [2.05, 4.69) is 4.98 Å². The van der Waals surface area contributed by atoms with Crippen LogP contribution in [-0.2, 0) is 11.3 Å². The normalized spacial score (nSPS) is 11.1. The van der Waals surface area contributed by atoms with Crippen molar-refractivity contribution < 1.29 is 23.1 Å². The molecule has 2 heterocycles. The lowest BCUT2D eigenvalue weighted by Crippen LogP contribution is -2.05.